The summed E-state index contributed by atoms with van der Waals surface area (Å²) in [5.41, 5.74) is 1.36. The molecule has 1 atom stereocenters. The van der Waals surface area contributed by atoms with Crippen molar-refractivity contribution >= 4 is 23.5 Å². The molecule has 0 aliphatic carbocycles. The lowest BCUT2D eigenvalue weighted by Gasteiger charge is -2.15. The molecule has 1 unspecified atom stereocenters. The summed E-state index contributed by atoms with van der Waals surface area (Å²) >= 11 is 2.98. The van der Waals surface area contributed by atoms with Gasteiger partial charge in [0.25, 0.3) is 5.56 Å². The van der Waals surface area contributed by atoms with E-state index in [4.69, 9.17) is 14.5 Å². The number of fused-ring (bicyclic) bond motifs is 1. The van der Waals surface area contributed by atoms with Crippen LogP contribution in [0.5, 0.6) is 0 Å². The van der Waals surface area contributed by atoms with Gasteiger partial charge in [0.15, 0.2) is 11.4 Å². The van der Waals surface area contributed by atoms with Crippen molar-refractivity contribution in [1.29, 1.82) is 0 Å². The number of thioether (sulfide) groups is 2. The smallest absolute Gasteiger partial charge is 0.272 e. The molecule has 0 saturated carbocycles. The minimum absolute atomic E-state index is 0.0956. The fourth-order valence-corrected chi connectivity index (χ4v) is 4.93. The van der Waals surface area contributed by atoms with Crippen molar-refractivity contribution in [2.45, 2.75) is 34.9 Å². The molecule has 0 amide bonds. The number of hydrogen-bond acceptors (Lipinski definition) is 6. The maximum Gasteiger partial charge on any atom is 0.272 e. The van der Waals surface area contributed by atoms with Gasteiger partial charge in [0.05, 0.1) is 35.2 Å². The van der Waals surface area contributed by atoms with Gasteiger partial charge >= 0.3 is 0 Å². The van der Waals surface area contributed by atoms with Crippen LogP contribution in [0.25, 0.3) is 5.69 Å². The first-order valence-corrected chi connectivity index (χ1v) is 9.93. The number of ether oxygens (including phenoxy) is 2. The van der Waals surface area contributed by atoms with Crippen LogP contribution < -0.4 is 5.56 Å². The molecule has 1 saturated heterocycles. The quantitative estimate of drug-likeness (QED) is 0.601. The molecule has 0 N–H and O–H groups in total. The summed E-state index contributed by atoms with van der Waals surface area (Å²) < 4.78 is 25.8. The predicted molar refractivity (Wildman–Crippen MR) is 95.2 cm³/mol. The van der Waals surface area contributed by atoms with Gasteiger partial charge in [0.1, 0.15) is 5.82 Å². The molecule has 1 aromatic heterocycles. The van der Waals surface area contributed by atoms with E-state index in [9.17, 15) is 9.18 Å². The average molecular weight is 380 g/mol. The number of rotatable bonds is 4. The van der Waals surface area contributed by atoms with Crippen LogP contribution >= 0.6 is 23.5 Å². The Morgan fingerprint density at radius 2 is 2.04 bits per heavy atom. The molecule has 132 valence electrons. The molecule has 25 heavy (non-hydrogen) atoms. The Balaban J connectivity index is 1.75. The molecule has 1 aromatic carbocycles. The van der Waals surface area contributed by atoms with Gasteiger partial charge < -0.3 is 9.47 Å². The molecule has 2 aliphatic heterocycles. The van der Waals surface area contributed by atoms with Crippen LogP contribution in [0.3, 0.4) is 0 Å². The summed E-state index contributed by atoms with van der Waals surface area (Å²) in [5, 5.41) is 0.919. The highest BCUT2D eigenvalue weighted by atomic mass is 32.2. The topological polar surface area (TPSA) is 53.4 Å². The van der Waals surface area contributed by atoms with Crippen LogP contribution in [0.15, 0.2) is 39.1 Å². The van der Waals surface area contributed by atoms with E-state index in [2.05, 4.69) is 6.92 Å². The third-order valence-electron chi connectivity index (χ3n) is 4.01. The Morgan fingerprint density at radius 1 is 1.32 bits per heavy atom. The van der Waals surface area contributed by atoms with E-state index in [-0.39, 0.29) is 17.7 Å². The Labute approximate surface area is 152 Å². The van der Waals surface area contributed by atoms with E-state index in [1.165, 1.54) is 23.9 Å². The van der Waals surface area contributed by atoms with Gasteiger partial charge in [-0.15, -0.1) is 11.8 Å². The first-order valence-electron chi connectivity index (χ1n) is 8.06. The SMILES string of the molecule is CC1Cc2nc(SCC3OCCO3)n(-c3ccc(F)cc3)c(=O)c2S1. The summed E-state index contributed by atoms with van der Waals surface area (Å²) in [5.74, 6) is 0.214. The van der Waals surface area contributed by atoms with E-state index in [0.717, 1.165) is 12.1 Å². The van der Waals surface area contributed by atoms with Gasteiger partial charge in [0, 0.05) is 11.7 Å². The molecule has 5 nitrogen and oxygen atoms in total. The van der Waals surface area contributed by atoms with Crippen molar-refractivity contribution in [2.75, 3.05) is 19.0 Å². The molecule has 8 heteroatoms. The van der Waals surface area contributed by atoms with Crippen LogP contribution in [0, 0.1) is 5.82 Å². The summed E-state index contributed by atoms with van der Waals surface area (Å²) in [7, 11) is 0. The van der Waals surface area contributed by atoms with Gasteiger partial charge in [-0.25, -0.2) is 9.37 Å². The second kappa shape index (κ2) is 7.11. The van der Waals surface area contributed by atoms with Crippen LogP contribution in [0.4, 0.5) is 4.39 Å². The van der Waals surface area contributed by atoms with Crippen molar-refractivity contribution in [3.8, 4) is 5.69 Å². The van der Waals surface area contributed by atoms with E-state index in [1.807, 2.05) is 0 Å². The first-order chi connectivity index (χ1) is 12.1. The summed E-state index contributed by atoms with van der Waals surface area (Å²) in [4.78, 5) is 18.5. The Hall–Kier alpha value is -1.35. The summed E-state index contributed by atoms with van der Waals surface area (Å²) in [6.45, 7) is 3.25. The lowest BCUT2D eigenvalue weighted by atomic mass is 10.2. The van der Waals surface area contributed by atoms with Crippen molar-refractivity contribution in [1.82, 2.24) is 9.55 Å². The fourth-order valence-electron chi connectivity index (χ4n) is 2.86. The minimum Gasteiger partial charge on any atom is -0.349 e. The second-order valence-electron chi connectivity index (χ2n) is 5.90. The van der Waals surface area contributed by atoms with E-state index < -0.39 is 0 Å². The number of hydrogen-bond donors (Lipinski definition) is 0. The van der Waals surface area contributed by atoms with Crippen molar-refractivity contribution < 1.29 is 13.9 Å². The molecular formula is C17H17FN2O3S2. The van der Waals surface area contributed by atoms with Gasteiger partial charge in [-0.3, -0.25) is 9.36 Å². The van der Waals surface area contributed by atoms with Crippen molar-refractivity contribution in [3.05, 3.63) is 46.1 Å². The Bertz CT molecular complexity index is 835. The molecule has 0 bridgehead atoms. The molecular weight excluding hydrogens is 363 g/mol. The van der Waals surface area contributed by atoms with E-state index in [0.29, 0.717) is 40.0 Å². The lowest BCUT2D eigenvalue weighted by Crippen LogP contribution is -2.24. The normalized spacial score (nSPS) is 20.2. The second-order valence-corrected chi connectivity index (χ2v) is 8.34. The molecule has 2 aromatic rings. The van der Waals surface area contributed by atoms with Gasteiger partial charge in [-0.1, -0.05) is 18.7 Å². The molecule has 2 aliphatic rings. The summed E-state index contributed by atoms with van der Waals surface area (Å²) in [6.07, 6.45) is 0.494. The fraction of sp³-hybridized carbons (Fsp3) is 0.412. The molecule has 0 radical (unpaired) electrons. The van der Waals surface area contributed by atoms with Crippen LogP contribution in [-0.2, 0) is 15.9 Å². The Morgan fingerprint density at radius 3 is 2.76 bits per heavy atom. The minimum atomic E-state index is -0.337. The largest absolute Gasteiger partial charge is 0.349 e. The van der Waals surface area contributed by atoms with Gasteiger partial charge in [-0.05, 0) is 24.3 Å². The van der Waals surface area contributed by atoms with Crippen molar-refractivity contribution in [3.63, 3.8) is 0 Å². The van der Waals surface area contributed by atoms with Gasteiger partial charge in [0.2, 0.25) is 0 Å². The highest BCUT2D eigenvalue weighted by Gasteiger charge is 2.27. The third kappa shape index (κ3) is 3.48. The highest BCUT2D eigenvalue weighted by Crippen LogP contribution is 2.35. The average Bonchev–Trinajstić information content (AvgIpc) is 3.23. The molecule has 3 heterocycles. The van der Waals surface area contributed by atoms with E-state index >= 15 is 0 Å². The number of benzene rings is 1. The maximum atomic E-state index is 13.3. The zero-order chi connectivity index (χ0) is 17.4. The van der Waals surface area contributed by atoms with E-state index in [1.54, 1.807) is 28.5 Å². The van der Waals surface area contributed by atoms with Crippen LogP contribution in [-0.4, -0.2) is 40.1 Å². The third-order valence-corrected chi connectivity index (χ3v) is 6.19. The highest BCUT2D eigenvalue weighted by molar-refractivity contribution is 8.00. The lowest BCUT2D eigenvalue weighted by molar-refractivity contribution is -0.0215. The molecule has 0 spiro atoms. The Kier molecular flexibility index (Phi) is 4.86. The molecule has 4 rings (SSSR count). The zero-order valence-corrected chi connectivity index (χ0v) is 15.2. The van der Waals surface area contributed by atoms with Crippen LogP contribution in [0.2, 0.25) is 0 Å². The van der Waals surface area contributed by atoms with Gasteiger partial charge in [-0.2, -0.15) is 0 Å². The van der Waals surface area contributed by atoms with Crippen molar-refractivity contribution in [2.24, 2.45) is 0 Å². The molecule has 1 fully saturated rings. The zero-order valence-electron chi connectivity index (χ0n) is 13.6. The monoisotopic (exact) mass is 380 g/mol. The predicted octanol–water partition coefficient (Wildman–Crippen LogP) is 2.87. The number of nitrogens with zero attached hydrogens (tertiary/aromatic N) is 2. The number of aromatic nitrogens is 2. The summed E-state index contributed by atoms with van der Waals surface area (Å²) in [6, 6.07) is 5.89. The van der Waals surface area contributed by atoms with Crippen LogP contribution in [0.1, 0.15) is 12.6 Å². The maximum absolute atomic E-state index is 13.3. The number of halogens is 1. The standard InChI is InChI=1S/C17H17FN2O3S2/c1-10-8-13-15(25-10)16(21)20(12-4-2-11(18)3-5-12)17(19-13)24-9-14-22-6-7-23-14/h2-5,10,14H,6-9H2,1H3. The first kappa shape index (κ1) is 17.1.